The van der Waals surface area contributed by atoms with Crippen LogP contribution in [0.2, 0.25) is 0 Å². The molecule has 3 heteroatoms. The van der Waals surface area contributed by atoms with Gasteiger partial charge >= 0.3 is 0 Å². The smallest absolute Gasteiger partial charge is 0.139 e. The van der Waals surface area contributed by atoms with Crippen molar-refractivity contribution >= 4 is 23.2 Å². The lowest BCUT2D eigenvalue weighted by atomic mass is 9.46. The molecule has 5 aliphatic rings. The first-order valence-corrected chi connectivity index (χ1v) is 7.53. The fourth-order valence-electron chi connectivity index (χ4n) is 6.52. The average molecular weight is 274 g/mol. The molecule has 3 heterocycles. The van der Waals surface area contributed by atoms with E-state index in [0.717, 1.165) is 6.42 Å². The normalized spacial score (nSPS) is 66.5. The van der Waals surface area contributed by atoms with E-state index in [1.165, 1.54) is 32.4 Å². The van der Waals surface area contributed by atoms with Crippen molar-refractivity contribution in [2.24, 2.45) is 16.2 Å². The third-order valence-corrected chi connectivity index (χ3v) is 7.02. The van der Waals surface area contributed by atoms with Crippen molar-refractivity contribution in [2.45, 2.75) is 56.3 Å². The molecule has 17 heavy (non-hydrogen) atoms. The highest BCUT2D eigenvalue weighted by molar-refractivity contribution is 6.52. The highest BCUT2D eigenvalue weighted by atomic mass is 35.5. The molecular weight excluding hydrogens is 253 g/mol. The van der Waals surface area contributed by atoms with E-state index < -0.39 is 4.33 Å². The van der Waals surface area contributed by atoms with E-state index in [4.69, 9.17) is 23.2 Å². The van der Waals surface area contributed by atoms with Gasteiger partial charge in [-0.2, -0.15) is 0 Å². The van der Waals surface area contributed by atoms with E-state index in [0.29, 0.717) is 16.2 Å². The lowest BCUT2D eigenvalue weighted by Gasteiger charge is -2.70. The van der Waals surface area contributed by atoms with E-state index in [1.807, 2.05) is 0 Å². The van der Waals surface area contributed by atoms with Gasteiger partial charge in [0.1, 0.15) is 4.33 Å². The molecule has 96 valence electrons. The molecule has 1 nitrogen and oxygen atoms in total. The maximum atomic E-state index is 6.55. The third kappa shape index (κ3) is 1.09. The summed E-state index contributed by atoms with van der Waals surface area (Å²) in [5, 5.41) is 0. The zero-order valence-electron chi connectivity index (χ0n) is 10.9. The van der Waals surface area contributed by atoms with Gasteiger partial charge in [-0.25, -0.2) is 0 Å². The summed E-state index contributed by atoms with van der Waals surface area (Å²) in [4.78, 5) is 2.66. The Kier molecular flexibility index (Phi) is 1.71. The Morgan fingerprint density at radius 2 is 1.29 bits per heavy atom. The number of alkyl halides is 2. The van der Waals surface area contributed by atoms with Crippen molar-refractivity contribution in [1.29, 1.82) is 0 Å². The van der Waals surface area contributed by atoms with E-state index in [9.17, 15) is 0 Å². The van der Waals surface area contributed by atoms with Crippen LogP contribution in [0.4, 0.5) is 0 Å². The Bertz CT molecular complexity index is 400. The summed E-state index contributed by atoms with van der Waals surface area (Å²) in [5.74, 6) is 0. The quantitative estimate of drug-likeness (QED) is 0.607. The van der Waals surface area contributed by atoms with Gasteiger partial charge in [-0.15, -0.1) is 0 Å². The monoisotopic (exact) mass is 273 g/mol. The van der Waals surface area contributed by atoms with Crippen LogP contribution < -0.4 is 0 Å². The average Bonchev–Trinajstić information content (AvgIpc) is 2.62. The molecule has 5 atom stereocenters. The molecule has 0 N–H and O–H groups in total. The summed E-state index contributed by atoms with van der Waals surface area (Å²) in [5.41, 5.74) is 1.42. The topological polar surface area (TPSA) is 3.24 Å². The van der Waals surface area contributed by atoms with Gasteiger partial charge in [0.15, 0.2) is 0 Å². The van der Waals surface area contributed by atoms with Crippen molar-refractivity contribution in [3.8, 4) is 0 Å². The number of piperidine rings is 3. The van der Waals surface area contributed by atoms with Gasteiger partial charge in [0.2, 0.25) is 0 Å². The molecule has 5 fully saturated rings. The first-order chi connectivity index (χ1) is 7.64. The van der Waals surface area contributed by atoms with Gasteiger partial charge in [0.25, 0.3) is 0 Å². The second-order valence-corrected chi connectivity index (χ2v) is 9.79. The molecule has 0 aromatic rings. The summed E-state index contributed by atoms with van der Waals surface area (Å²) in [6.07, 6.45) is 4.99. The van der Waals surface area contributed by atoms with Crippen molar-refractivity contribution < 1.29 is 0 Å². The van der Waals surface area contributed by atoms with Gasteiger partial charge in [-0.05, 0) is 35.5 Å². The second-order valence-electron chi connectivity index (χ2n) is 8.31. The van der Waals surface area contributed by atoms with Gasteiger partial charge in [-0.3, -0.25) is 4.90 Å². The Morgan fingerprint density at radius 3 is 1.65 bits per heavy atom. The standard InChI is InChI=1S/C14H21Cl2N/c1-10-4-11(2)6-12(3,5-10)13(7-14(13,15)16)17(8-10)9-11/h4-9H2,1-3H3/t10-,11+,12?,13-/m1/s1. The van der Waals surface area contributed by atoms with Crippen LogP contribution in [-0.4, -0.2) is 27.9 Å². The highest BCUT2D eigenvalue weighted by Gasteiger charge is 2.82. The molecule has 2 aliphatic carbocycles. The molecule has 1 spiro atoms. The Labute approximate surface area is 114 Å². The molecule has 3 saturated heterocycles. The summed E-state index contributed by atoms with van der Waals surface area (Å²) in [6, 6.07) is 0. The zero-order valence-corrected chi connectivity index (χ0v) is 12.5. The minimum Gasteiger partial charge on any atom is -0.293 e. The van der Waals surface area contributed by atoms with Crippen molar-refractivity contribution in [1.82, 2.24) is 4.90 Å². The maximum Gasteiger partial charge on any atom is 0.139 e. The third-order valence-electron chi connectivity index (χ3n) is 6.13. The van der Waals surface area contributed by atoms with Crippen LogP contribution >= 0.6 is 23.2 Å². The second kappa shape index (κ2) is 2.55. The maximum absolute atomic E-state index is 6.55. The largest absolute Gasteiger partial charge is 0.293 e. The van der Waals surface area contributed by atoms with Gasteiger partial charge in [-0.1, -0.05) is 44.0 Å². The Morgan fingerprint density at radius 1 is 0.824 bits per heavy atom. The predicted octanol–water partition coefficient (Wildman–Crippen LogP) is 3.83. The molecule has 2 saturated carbocycles. The number of halogens is 2. The number of hydrogen-bond acceptors (Lipinski definition) is 1. The van der Waals surface area contributed by atoms with Crippen molar-refractivity contribution in [3.63, 3.8) is 0 Å². The fraction of sp³-hybridized carbons (Fsp3) is 1.00. The lowest BCUT2D eigenvalue weighted by molar-refractivity contribution is -0.203. The molecule has 3 aliphatic heterocycles. The van der Waals surface area contributed by atoms with Crippen molar-refractivity contribution in [2.75, 3.05) is 13.1 Å². The van der Waals surface area contributed by atoms with E-state index in [-0.39, 0.29) is 5.54 Å². The van der Waals surface area contributed by atoms with E-state index >= 15 is 0 Å². The first kappa shape index (κ1) is 11.4. The lowest BCUT2D eigenvalue weighted by Crippen LogP contribution is -2.72. The first-order valence-electron chi connectivity index (χ1n) is 6.77. The Balaban J connectivity index is 1.86. The van der Waals surface area contributed by atoms with Crippen LogP contribution in [0.1, 0.15) is 46.5 Å². The molecule has 4 bridgehead atoms. The number of hydrogen-bond donors (Lipinski definition) is 0. The fourth-order valence-corrected chi connectivity index (χ4v) is 7.60. The highest BCUT2D eigenvalue weighted by Crippen LogP contribution is 2.79. The van der Waals surface area contributed by atoms with Crippen LogP contribution in [0.3, 0.4) is 0 Å². The van der Waals surface area contributed by atoms with Gasteiger partial charge < -0.3 is 0 Å². The van der Waals surface area contributed by atoms with Crippen LogP contribution in [0.5, 0.6) is 0 Å². The van der Waals surface area contributed by atoms with Crippen molar-refractivity contribution in [3.05, 3.63) is 0 Å². The number of rotatable bonds is 0. The van der Waals surface area contributed by atoms with Crippen LogP contribution in [0.15, 0.2) is 0 Å². The zero-order chi connectivity index (χ0) is 12.3. The molecule has 0 radical (unpaired) electrons. The van der Waals surface area contributed by atoms with E-state index in [1.54, 1.807) is 0 Å². The summed E-state index contributed by atoms with van der Waals surface area (Å²) >= 11 is 13.1. The predicted molar refractivity (Wildman–Crippen MR) is 71.5 cm³/mol. The molecular formula is C14H21Cl2N. The summed E-state index contributed by atoms with van der Waals surface area (Å²) < 4.78 is -0.484. The SMILES string of the molecule is CC12C[C@]3(C)CN(C[C@](C)(C1)C3)[C@]21CC1(Cl)Cl. The van der Waals surface area contributed by atoms with E-state index in [2.05, 4.69) is 25.7 Å². The van der Waals surface area contributed by atoms with Crippen LogP contribution in [0, 0.1) is 16.2 Å². The molecule has 0 aromatic carbocycles. The molecule has 2 unspecified atom stereocenters. The molecule has 0 aromatic heterocycles. The van der Waals surface area contributed by atoms with Gasteiger partial charge in [0, 0.05) is 19.5 Å². The minimum absolute atomic E-state index is 0.0998. The van der Waals surface area contributed by atoms with Gasteiger partial charge in [0.05, 0.1) is 5.54 Å². The summed E-state index contributed by atoms with van der Waals surface area (Å²) in [6.45, 7) is 9.79. The summed E-state index contributed by atoms with van der Waals surface area (Å²) in [7, 11) is 0. The minimum atomic E-state index is -0.484. The molecule has 0 amide bonds. The Hall–Kier alpha value is 0.540. The van der Waals surface area contributed by atoms with Crippen LogP contribution in [-0.2, 0) is 0 Å². The number of nitrogens with zero attached hydrogens (tertiary/aromatic N) is 1. The molecule has 5 rings (SSSR count). The van der Waals surface area contributed by atoms with Crippen LogP contribution in [0.25, 0.3) is 0 Å².